The lowest BCUT2D eigenvalue weighted by Crippen LogP contribution is -2.30. The topological polar surface area (TPSA) is 23.6 Å². The first-order valence-corrected chi connectivity index (χ1v) is 10.2. The molecule has 0 bridgehead atoms. The summed E-state index contributed by atoms with van der Waals surface area (Å²) in [5.74, 6) is 0.344. The van der Waals surface area contributed by atoms with Gasteiger partial charge in [-0.05, 0) is 51.7 Å². The normalized spacial score (nSPS) is 15.7. The molecule has 0 aliphatic carbocycles. The number of carbonyl (C=O) groups is 1. The molecule has 0 aromatic heterocycles. The van der Waals surface area contributed by atoms with E-state index in [1.165, 1.54) is 90.3 Å². The van der Waals surface area contributed by atoms with Gasteiger partial charge in [0.1, 0.15) is 0 Å². The van der Waals surface area contributed by atoms with Gasteiger partial charge in [0.2, 0.25) is 5.91 Å². The van der Waals surface area contributed by atoms with E-state index in [2.05, 4.69) is 11.8 Å². The molecule has 1 heterocycles. The van der Waals surface area contributed by atoms with Gasteiger partial charge in [-0.3, -0.25) is 4.79 Å². The average molecular weight is 325 g/mol. The Balaban J connectivity index is 1.91. The van der Waals surface area contributed by atoms with Crippen molar-refractivity contribution in [3.8, 4) is 0 Å². The van der Waals surface area contributed by atoms with E-state index >= 15 is 0 Å². The quantitative estimate of drug-likeness (QED) is 0.452. The van der Waals surface area contributed by atoms with Crippen LogP contribution >= 0.6 is 0 Å². The van der Waals surface area contributed by atoms with E-state index in [0.717, 1.165) is 19.4 Å². The highest BCUT2D eigenvalue weighted by molar-refractivity contribution is 5.75. The van der Waals surface area contributed by atoms with E-state index in [1.807, 2.05) is 11.9 Å². The third-order valence-electron chi connectivity index (χ3n) is 5.09. The Bertz CT molecular complexity index is 287. The van der Waals surface area contributed by atoms with E-state index in [0.29, 0.717) is 5.91 Å². The Hall–Kier alpha value is -0.570. The third kappa shape index (κ3) is 10.8. The van der Waals surface area contributed by atoms with Crippen molar-refractivity contribution < 1.29 is 4.79 Å². The van der Waals surface area contributed by atoms with Gasteiger partial charge in [-0.25, -0.2) is 0 Å². The van der Waals surface area contributed by atoms with Crippen LogP contribution in [-0.4, -0.2) is 48.9 Å². The molecule has 0 spiro atoms. The highest BCUT2D eigenvalue weighted by atomic mass is 16.2. The van der Waals surface area contributed by atoms with Crippen molar-refractivity contribution in [1.82, 2.24) is 9.80 Å². The number of hydrogen-bond acceptors (Lipinski definition) is 2. The summed E-state index contributed by atoms with van der Waals surface area (Å²) in [4.78, 5) is 16.6. The molecule has 1 rings (SSSR count). The fourth-order valence-electron chi connectivity index (χ4n) is 3.42. The Morgan fingerprint density at radius 3 is 2.26 bits per heavy atom. The van der Waals surface area contributed by atoms with Crippen LogP contribution in [0.4, 0.5) is 0 Å². The average Bonchev–Trinajstić information content (AvgIpc) is 2.58. The maximum absolute atomic E-state index is 12.1. The van der Waals surface area contributed by atoms with Gasteiger partial charge in [-0.15, -0.1) is 0 Å². The van der Waals surface area contributed by atoms with Crippen LogP contribution in [0.3, 0.4) is 0 Å². The molecule has 1 amide bonds. The maximum Gasteiger partial charge on any atom is 0.222 e. The minimum atomic E-state index is 0.344. The van der Waals surface area contributed by atoms with Crippen molar-refractivity contribution >= 4 is 5.91 Å². The lowest BCUT2D eigenvalue weighted by molar-refractivity contribution is -0.130. The van der Waals surface area contributed by atoms with Gasteiger partial charge < -0.3 is 9.80 Å². The summed E-state index contributed by atoms with van der Waals surface area (Å²) in [5.41, 5.74) is 0. The fraction of sp³-hybridized carbons (Fsp3) is 0.950. The van der Waals surface area contributed by atoms with E-state index in [1.54, 1.807) is 0 Å². The molecule has 3 nitrogen and oxygen atoms in total. The van der Waals surface area contributed by atoms with Gasteiger partial charge in [0, 0.05) is 20.0 Å². The fourth-order valence-corrected chi connectivity index (χ4v) is 3.42. The zero-order valence-corrected chi connectivity index (χ0v) is 15.8. The van der Waals surface area contributed by atoms with Gasteiger partial charge in [0.25, 0.3) is 0 Å². The van der Waals surface area contributed by atoms with Crippen LogP contribution in [0.15, 0.2) is 0 Å². The molecule has 0 N–H and O–H groups in total. The van der Waals surface area contributed by atoms with Crippen molar-refractivity contribution in [2.45, 2.75) is 90.4 Å². The second-order valence-electron chi connectivity index (χ2n) is 7.30. The van der Waals surface area contributed by atoms with E-state index in [9.17, 15) is 4.79 Å². The summed E-state index contributed by atoms with van der Waals surface area (Å²) < 4.78 is 0. The second kappa shape index (κ2) is 13.8. The van der Waals surface area contributed by atoms with E-state index in [4.69, 9.17) is 0 Å². The SMILES string of the molecule is CCCCCCCCN(C)C(=O)CCCCCN1CCCCC1. The summed E-state index contributed by atoms with van der Waals surface area (Å²) in [5, 5.41) is 0. The maximum atomic E-state index is 12.1. The first-order chi connectivity index (χ1) is 11.2. The van der Waals surface area contributed by atoms with Crippen molar-refractivity contribution in [3.63, 3.8) is 0 Å². The van der Waals surface area contributed by atoms with Crippen LogP contribution in [0.1, 0.15) is 90.4 Å². The Morgan fingerprint density at radius 1 is 0.870 bits per heavy atom. The second-order valence-corrected chi connectivity index (χ2v) is 7.30. The van der Waals surface area contributed by atoms with Crippen LogP contribution < -0.4 is 0 Å². The Morgan fingerprint density at radius 2 is 1.52 bits per heavy atom. The molecule has 1 aliphatic heterocycles. The molecule has 0 unspecified atom stereocenters. The Kier molecular flexibility index (Phi) is 12.3. The van der Waals surface area contributed by atoms with Crippen LogP contribution in [0, 0.1) is 0 Å². The highest BCUT2D eigenvalue weighted by Crippen LogP contribution is 2.11. The molecule has 1 aliphatic rings. The molecule has 0 aromatic carbocycles. The predicted molar refractivity (Wildman–Crippen MR) is 99.8 cm³/mol. The molecular weight excluding hydrogens is 284 g/mol. The summed E-state index contributed by atoms with van der Waals surface area (Å²) >= 11 is 0. The molecule has 3 heteroatoms. The number of piperidine rings is 1. The lowest BCUT2D eigenvalue weighted by atomic mass is 10.1. The zero-order valence-electron chi connectivity index (χ0n) is 15.8. The molecule has 1 fully saturated rings. The molecule has 0 saturated carbocycles. The lowest BCUT2D eigenvalue weighted by Gasteiger charge is -2.26. The number of likely N-dealkylation sites (tertiary alicyclic amines) is 1. The van der Waals surface area contributed by atoms with Crippen molar-refractivity contribution in [1.29, 1.82) is 0 Å². The van der Waals surface area contributed by atoms with Gasteiger partial charge in [-0.2, -0.15) is 0 Å². The van der Waals surface area contributed by atoms with Crippen LogP contribution in [-0.2, 0) is 4.79 Å². The molecule has 0 radical (unpaired) electrons. The first kappa shape index (κ1) is 20.5. The van der Waals surface area contributed by atoms with Crippen LogP contribution in [0.2, 0.25) is 0 Å². The Labute approximate surface area is 144 Å². The van der Waals surface area contributed by atoms with Gasteiger partial charge >= 0.3 is 0 Å². The summed E-state index contributed by atoms with van der Waals surface area (Å²) in [6, 6.07) is 0. The minimum Gasteiger partial charge on any atom is -0.346 e. The predicted octanol–water partition coefficient (Wildman–Crippen LogP) is 4.85. The summed E-state index contributed by atoms with van der Waals surface area (Å²) in [6.07, 6.45) is 16.2. The number of rotatable bonds is 13. The number of carbonyl (C=O) groups excluding carboxylic acids is 1. The third-order valence-corrected chi connectivity index (χ3v) is 5.09. The number of amides is 1. The first-order valence-electron chi connectivity index (χ1n) is 10.2. The number of nitrogens with zero attached hydrogens (tertiary/aromatic N) is 2. The van der Waals surface area contributed by atoms with Gasteiger partial charge in [0.15, 0.2) is 0 Å². The monoisotopic (exact) mass is 324 g/mol. The molecule has 23 heavy (non-hydrogen) atoms. The smallest absolute Gasteiger partial charge is 0.222 e. The van der Waals surface area contributed by atoms with Crippen LogP contribution in [0.25, 0.3) is 0 Å². The molecule has 0 aromatic rings. The summed E-state index contributed by atoms with van der Waals surface area (Å²) in [6.45, 7) is 7.01. The van der Waals surface area contributed by atoms with Crippen molar-refractivity contribution in [3.05, 3.63) is 0 Å². The zero-order chi connectivity index (χ0) is 16.8. The number of hydrogen-bond donors (Lipinski definition) is 0. The van der Waals surface area contributed by atoms with Crippen molar-refractivity contribution in [2.24, 2.45) is 0 Å². The minimum absolute atomic E-state index is 0.344. The van der Waals surface area contributed by atoms with Gasteiger partial charge in [-0.1, -0.05) is 51.9 Å². The van der Waals surface area contributed by atoms with Gasteiger partial charge in [0.05, 0.1) is 0 Å². The van der Waals surface area contributed by atoms with E-state index in [-0.39, 0.29) is 0 Å². The van der Waals surface area contributed by atoms with Crippen molar-refractivity contribution in [2.75, 3.05) is 33.2 Å². The van der Waals surface area contributed by atoms with Crippen LogP contribution in [0.5, 0.6) is 0 Å². The number of unbranched alkanes of at least 4 members (excludes halogenated alkanes) is 7. The largest absolute Gasteiger partial charge is 0.346 e. The molecular formula is C20H40N2O. The molecule has 1 saturated heterocycles. The summed E-state index contributed by atoms with van der Waals surface area (Å²) in [7, 11) is 1.97. The standard InChI is InChI=1S/C20H40N2O/c1-3-4-5-6-7-11-16-21(2)20(23)15-10-8-12-17-22-18-13-9-14-19-22/h3-19H2,1-2H3. The molecule has 136 valence electrons. The molecule has 0 atom stereocenters. The highest BCUT2D eigenvalue weighted by Gasteiger charge is 2.10. The van der Waals surface area contributed by atoms with E-state index < -0.39 is 0 Å².